The lowest BCUT2D eigenvalue weighted by Crippen LogP contribution is -2.01. The summed E-state index contributed by atoms with van der Waals surface area (Å²) in [6.45, 7) is 0. The number of hydrogen-bond donors (Lipinski definition) is 0. The first-order valence-electron chi connectivity index (χ1n) is 13.5. The lowest BCUT2D eigenvalue weighted by Gasteiger charge is -2.14. The highest BCUT2D eigenvalue weighted by molar-refractivity contribution is 9.10. The van der Waals surface area contributed by atoms with Crippen LogP contribution in [0.25, 0.3) is 56.3 Å². The fraction of sp³-hybridized carbons (Fsp3) is 0.0556. The molecule has 0 amide bonds. The van der Waals surface area contributed by atoms with Crippen molar-refractivity contribution in [3.05, 3.63) is 143 Å². The van der Waals surface area contributed by atoms with Crippen molar-refractivity contribution >= 4 is 32.9 Å². The number of halogens is 1. The van der Waals surface area contributed by atoms with Crippen LogP contribution in [0.1, 0.15) is 17.7 Å². The SMILES string of the molecule is Brc1ccc2c3c(n(-c4ccc(-c5cc(-c6ccccn6)cc(-c6ccccn6)c5)cc4)c2c1)CC/C=C/C=C\3. The molecule has 0 unspecified atom stereocenters. The van der Waals surface area contributed by atoms with E-state index >= 15 is 0 Å². The van der Waals surface area contributed by atoms with Gasteiger partial charge in [0.15, 0.2) is 0 Å². The van der Waals surface area contributed by atoms with E-state index in [2.05, 4.69) is 128 Å². The van der Waals surface area contributed by atoms with Gasteiger partial charge in [0.2, 0.25) is 0 Å². The average molecular weight is 581 g/mol. The minimum atomic E-state index is 0.947. The molecule has 0 saturated carbocycles. The molecule has 0 atom stereocenters. The molecule has 0 aliphatic heterocycles. The Morgan fingerprint density at radius 3 is 2.02 bits per heavy atom. The van der Waals surface area contributed by atoms with Crippen molar-refractivity contribution in [1.82, 2.24) is 14.5 Å². The summed E-state index contributed by atoms with van der Waals surface area (Å²) in [5.74, 6) is 0. The maximum Gasteiger partial charge on any atom is 0.0702 e. The van der Waals surface area contributed by atoms with Gasteiger partial charge in [0.25, 0.3) is 0 Å². The topological polar surface area (TPSA) is 30.7 Å². The zero-order valence-electron chi connectivity index (χ0n) is 21.8. The lowest BCUT2D eigenvalue weighted by molar-refractivity contribution is 0.895. The molecule has 0 N–H and O–H groups in total. The fourth-order valence-corrected chi connectivity index (χ4v) is 5.92. The number of rotatable bonds is 4. The van der Waals surface area contributed by atoms with E-state index in [9.17, 15) is 0 Å². The Kier molecular flexibility index (Phi) is 6.46. The molecule has 3 aromatic heterocycles. The van der Waals surface area contributed by atoms with Gasteiger partial charge < -0.3 is 4.57 Å². The Balaban J connectivity index is 1.36. The summed E-state index contributed by atoms with van der Waals surface area (Å²) < 4.78 is 3.51. The lowest BCUT2D eigenvalue weighted by atomic mass is 9.96. The maximum atomic E-state index is 4.62. The van der Waals surface area contributed by atoms with Crippen LogP contribution in [0, 0.1) is 0 Å². The molecule has 192 valence electrons. The van der Waals surface area contributed by atoms with Gasteiger partial charge in [-0.15, -0.1) is 0 Å². The quantitative estimate of drug-likeness (QED) is 0.208. The second-order valence-corrected chi connectivity index (χ2v) is 10.9. The van der Waals surface area contributed by atoms with Gasteiger partial charge in [0, 0.05) is 50.3 Å². The normalized spacial score (nSPS) is 14.3. The first-order chi connectivity index (χ1) is 19.7. The Morgan fingerprint density at radius 1 is 0.650 bits per heavy atom. The van der Waals surface area contributed by atoms with E-state index in [1.165, 1.54) is 22.2 Å². The van der Waals surface area contributed by atoms with Crippen molar-refractivity contribution < 1.29 is 0 Å². The number of benzene rings is 3. The first-order valence-corrected chi connectivity index (χ1v) is 14.3. The Bertz CT molecular complexity index is 1830. The highest BCUT2D eigenvalue weighted by Gasteiger charge is 2.18. The average Bonchev–Trinajstić information content (AvgIpc) is 3.28. The van der Waals surface area contributed by atoms with Crippen molar-refractivity contribution in [3.63, 3.8) is 0 Å². The van der Waals surface area contributed by atoms with Crippen LogP contribution in [0.5, 0.6) is 0 Å². The van der Waals surface area contributed by atoms with Gasteiger partial charge in [0.05, 0.1) is 16.9 Å². The predicted molar refractivity (Wildman–Crippen MR) is 169 cm³/mol. The van der Waals surface area contributed by atoms with Crippen LogP contribution in [0.4, 0.5) is 0 Å². The van der Waals surface area contributed by atoms with Crippen LogP contribution in [-0.2, 0) is 6.42 Å². The van der Waals surface area contributed by atoms with Crippen LogP contribution in [0.3, 0.4) is 0 Å². The second-order valence-electron chi connectivity index (χ2n) is 9.96. The summed E-state index contributed by atoms with van der Waals surface area (Å²) in [7, 11) is 0. The number of aromatic nitrogens is 3. The number of pyridine rings is 2. The van der Waals surface area contributed by atoms with Gasteiger partial charge in [-0.3, -0.25) is 9.97 Å². The predicted octanol–water partition coefficient (Wildman–Crippen LogP) is 9.70. The summed E-state index contributed by atoms with van der Waals surface area (Å²) >= 11 is 3.70. The number of nitrogens with zero attached hydrogens (tertiary/aromatic N) is 3. The molecule has 1 aliphatic rings. The summed E-state index contributed by atoms with van der Waals surface area (Å²) in [4.78, 5) is 9.24. The van der Waals surface area contributed by atoms with E-state index in [0.717, 1.165) is 56.6 Å². The largest absolute Gasteiger partial charge is 0.313 e. The van der Waals surface area contributed by atoms with Crippen LogP contribution in [0.2, 0.25) is 0 Å². The highest BCUT2D eigenvalue weighted by atomic mass is 79.9. The number of fused-ring (bicyclic) bond motifs is 3. The van der Waals surface area contributed by atoms with Crippen molar-refractivity contribution in [3.8, 4) is 39.3 Å². The molecule has 40 heavy (non-hydrogen) atoms. The molecular weight excluding hydrogens is 554 g/mol. The minimum Gasteiger partial charge on any atom is -0.313 e. The molecule has 3 aromatic carbocycles. The minimum absolute atomic E-state index is 0.947. The standard InChI is InChI=1S/C36H26BrN3/c37-29-15-18-32-31-9-3-1-2-4-12-35(31)40(36(32)24-29)30-16-13-25(14-17-30)26-21-27(33-10-5-7-19-38-33)23-28(22-26)34-11-6-8-20-39-34/h1-3,5-11,13-24H,4,12H2/b2-1+,9-3-. The van der Waals surface area contributed by atoms with Crippen molar-refractivity contribution in [2.45, 2.75) is 12.8 Å². The number of allylic oxidation sites excluding steroid dienone is 3. The molecule has 3 nitrogen and oxygen atoms in total. The molecule has 0 bridgehead atoms. The molecule has 0 fully saturated rings. The summed E-state index contributed by atoms with van der Waals surface area (Å²) in [5, 5.41) is 1.27. The molecule has 6 aromatic rings. The van der Waals surface area contributed by atoms with Crippen molar-refractivity contribution in [2.75, 3.05) is 0 Å². The molecule has 7 rings (SSSR count). The van der Waals surface area contributed by atoms with E-state index in [-0.39, 0.29) is 0 Å². The third-order valence-electron chi connectivity index (χ3n) is 7.44. The van der Waals surface area contributed by atoms with Gasteiger partial charge in [-0.2, -0.15) is 0 Å². The van der Waals surface area contributed by atoms with E-state index in [1.54, 1.807) is 0 Å². The van der Waals surface area contributed by atoms with Gasteiger partial charge >= 0.3 is 0 Å². The third-order valence-corrected chi connectivity index (χ3v) is 7.94. The summed E-state index contributed by atoms with van der Waals surface area (Å²) in [5.41, 5.74) is 11.4. The van der Waals surface area contributed by atoms with E-state index in [1.807, 2.05) is 36.7 Å². The zero-order valence-corrected chi connectivity index (χ0v) is 23.4. The van der Waals surface area contributed by atoms with Gasteiger partial charge in [0.1, 0.15) is 0 Å². The Hall–Kier alpha value is -4.54. The van der Waals surface area contributed by atoms with Crippen LogP contribution in [0.15, 0.2) is 132 Å². The van der Waals surface area contributed by atoms with Gasteiger partial charge in [-0.1, -0.05) is 70.6 Å². The number of hydrogen-bond acceptors (Lipinski definition) is 2. The van der Waals surface area contributed by atoms with Crippen LogP contribution in [-0.4, -0.2) is 14.5 Å². The summed E-state index contributed by atoms with van der Waals surface area (Å²) in [6, 6.07) is 34.2. The maximum absolute atomic E-state index is 4.62. The molecule has 1 aliphatic carbocycles. The fourth-order valence-electron chi connectivity index (χ4n) is 5.57. The smallest absolute Gasteiger partial charge is 0.0702 e. The molecule has 3 heterocycles. The van der Waals surface area contributed by atoms with Crippen molar-refractivity contribution in [1.29, 1.82) is 0 Å². The zero-order chi connectivity index (χ0) is 26.9. The Morgan fingerprint density at radius 2 is 1.35 bits per heavy atom. The van der Waals surface area contributed by atoms with E-state index in [0.29, 0.717) is 0 Å². The van der Waals surface area contributed by atoms with Crippen molar-refractivity contribution in [2.24, 2.45) is 0 Å². The Labute approximate surface area is 242 Å². The molecule has 0 saturated heterocycles. The molecule has 0 radical (unpaired) electrons. The third kappa shape index (κ3) is 4.61. The van der Waals surface area contributed by atoms with E-state index in [4.69, 9.17) is 0 Å². The monoisotopic (exact) mass is 579 g/mol. The van der Waals surface area contributed by atoms with Gasteiger partial charge in [-0.05, 0) is 90.7 Å². The van der Waals surface area contributed by atoms with E-state index < -0.39 is 0 Å². The first kappa shape index (κ1) is 24.5. The summed E-state index contributed by atoms with van der Waals surface area (Å²) in [6.07, 6.45) is 14.5. The highest BCUT2D eigenvalue weighted by Crippen LogP contribution is 2.36. The molecule has 4 heteroatoms. The van der Waals surface area contributed by atoms with Crippen LogP contribution < -0.4 is 0 Å². The second kappa shape index (κ2) is 10.6. The molecule has 0 spiro atoms. The van der Waals surface area contributed by atoms with Gasteiger partial charge in [-0.25, -0.2) is 0 Å². The molecular formula is C36H26BrN3. The van der Waals surface area contributed by atoms with Crippen LogP contribution >= 0.6 is 15.9 Å².